The minimum absolute atomic E-state index is 0.227. The van der Waals surface area contributed by atoms with Crippen LogP contribution in [0.15, 0.2) is 46.9 Å². The summed E-state index contributed by atoms with van der Waals surface area (Å²) in [5.74, 6) is 0.0792. The van der Waals surface area contributed by atoms with Crippen molar-refractivity contribution in [2.45, 2.75) is 39.5 Å². The van der Waals surface area contributed by atoms with Crippen molar-refractivity contribution >= 4 is 43.2 Å². The van der Waals surface area contributed by atoms with Gasteiger partial charge in [0.05, 0.1) is 11.9 Å². The molecule has 0 heterocycles. The van der Waals surface area contributed by atoms with Crippen molar-refractivity contribution in [3.63, 3.8) is 0 Å². The molecule has 0 radical (unpaired) electrons. The maximum absolute atomic E-state index is 12.8. The summed E-state index contributed by atoms with van der Waals surface area (Å²) < 4.78 is 26.5. The SMILES string of the molecule is CC(C)c1cccc(C(C)C)c1NC(=O)CN(c1cccc(Br)c1)S(C)(=O)=O. The van der Waals surface area contributed by atoms with Gasteiger partial charge in [-0.1, -0.05) is 67.9 Å². The molecule has 2 rings (SSSR count). The Morgan fingerprint density at radius 2 is 1.57 bits per heavy atom. The van der Waals surface area contributed by atoms with E-state index in [1.807, 2.05) is 18.2 Å². The van der Waals surface area contributed by atoms with Gasteiger partial charge in [0.15, 0.2) is 0 Å². The molecule has 152 valence electrons. The molecule has 0 bridgehead atoms. The Balaban J connectivity index is 2.37. The largest absolute Gasteiger partial charge is 0.324 e. The number of rotatable bonds is 7. The lowest BCUT2D eigenvalue weighted by atomic mass is 9.92. The van der Waals surface area contributed by atoms with Crippen LogP contribution in [0.1, 0.15) is 50.7 Å². The lowest BCUT2D eigenvalue weighted by molar-refractivity contribution is -0.114. The first-order chi connectivity index (χ1) is 13.0. The van der Waals surface area contributed by atoms with Gasteiger partial charge in [-0.25, -0.2) is 8.42 Å². The molecule has 5 nitrogen and oxygen atoms in total. The first-order valence-corrected chi connectivity index (χ1v) is 11.8. The van der Waals surface area contributed by atoms with E-state index in [2.05, 4.69) is 48.9 Å². The average molecular weight is 467 g/mol. The van der Waals surface area contributed by atoms with E-state index in [0.717, 1.165) is 31.8 Å². The van der Waals surface area contributed by atoms with Crippen LogP contribution in [0, 0.1) is 0 Å². The Kier molecular flexibility index (Phi) is 7.28. The monoisotopic (exact) mass is 466 g/mol. The van der Waals surface area contributed by atoms with Crippen LogP contribution in [0.4, 0.5) is 11.4 Å². The predicted molar refractivity (Wildman–Crippen MR) is 120 cm³/mol. The molecule has 0 aliphatic heterocycles. The third-order valence-corrected chi connectivity index (χ3v) is 6.05. The van der Waals surface area contributed by atoms with Crippen LogP contribution in [0.5, 0.6) is 0 Å². The van der Waals surface area contributed by atoms with Crippen molar-refractivity contribution in [3.8, 4) is 0 Å². The number of halogens is 1. The molecule has 0 spiro atoms. The summed E-state index contributed by atoms with van der Waals surface area (Å²) in [5.41, 5.74) is 3.29. The zero-order valence-corrected chi connectivity index (χ0v) is 19.3. The highest BCUT2D eigenvalue weighted by Crippen LogP contribution is 2.32. The molecular weight excluding hydrogens is 440 g/mol. The number of anilines is 2. The van der Waals surface area contributed by atoms with Crippen molar-refractivity contribution in [2.75, 3.05) is 22.4 Å². The Morgan fingerprint density at radius 3 is 2.04 bits per heavy atom. The first kappa shape index (κ1) is 22.4. The highest BCUT2D eigenvalue weighted by molar-refractivity contribution is 9.10. The quantitative estimate of drug-likeness (QED) is 0.616. The second-order valence-electron chi connectivity index (χ2n) is 7.42. The van der Waals surface area contributed by atoms with Crippen molar-refractivity contribution in [1.29, 1.82) is 0 Å². The fraction of sp³-hybridized carbons (Fsp3) is 0.381. The van der Waals surface area contributed by atoms with Crippen molar-refractivity contribution in [1.82, 2.24) is 0 Å². The molecule has 0 fully saturated rings. The molecular formula is C21H27BrN2O3S. The topological polar surface area (TPSA) is 66.5 Å². The minimum Gasteiger partial charge on any atom is -0.324 e. The van der Waals surface area contributed by atoms with E-state index in [1.165, 1.54) is 0 Å². The first-order valence-electron chi connectivity index (χ1n) is 9.16. The fourth-order valence-electron chi connectivity index (χ4n) is 3.04. The van der Waals surface area contributed by atoms with Gasteiger partial charge >= 0.3 is 0 Å². The number of amides is 1. The number of hydrogen-bond acceptors (Lipinski definition) is 3. The van der Waals surface area contributed by atoms with Crippen LogP contribution >= 0.6 is 15.9 Å². The number of benzene rings is 2. The number of nitrogens with one attached hydrogen (secondary N) is 1. The van der Waals surface area contributed by atoms with Gasteiger partial charge in [-0.05, 0) is 41.2 Å². The maximum Gasteiger partial charge on any atom is 0.245 e. The van der Waals surface area contributed by atoms with E-state index in [4.69, 9.17) is 0 Å². The van der Waals surface area contributed by atoms with Crippen LogP contribution < -0.4 is 9.62 Å². The summed E-state index contributed by atoms with van der Waals surface area (Å²) in [4.78, 5) is 12.8. The van der Waals surface area contributed by atoms with E-state index in [0.29, 0.717) is 5.69 Å². The number of sulfonamides is 1. The molecule has 2 aromatic rings. The van der Waals surface area contributed by atoms with Gasteiger partial charge in [0.25, 0.3) is 0 Å². The molecule has 1 amide bonds. The second-order valence-corrected chi connectivity index (χ2v) is 10.2. The zero-order valence-electron chi connectivity index (χ0n) is 16.9. The Morgan fingerprint density at radius 1 is 1.04 bits per heavy atom. The molecule has 0 atom stereocenters. The van der Waals surface area contributed by atoms with E-state index >= 15 is 0 Å². The zero-order chi connectivity index (χ0) is 21.1. The van der Waals surface area contributed by atoms with Crippen molar-refractivity contribution in [2.24, 2.45) is 0 Å². The minimum atomic E-state index is -3.62. The summed E-state index contributed by atoms with van der Waals surface area (Å²) in [5, 5.41) is 2.97. The summed E-state index contributed by atoms with van der Waals surface area (Å²) in [6, 6.07) is 12.9. The molecule has 0 aromatic heterocycles. The highest BCUT2D eigenvalue weighted by atomic mass is 79.9. The lowest BCUT2D eigenvalue weighted by Crippen LogP contribution is -2.37. The van der Waals surface area contributed by atoms with Gasteiger partial charge in [-0.2, -0.15) is 0 Å². The molecule has 1 N–H and O–H groups in total. The summed E-state index contributed by atoms with van der Waals surface area (Å²) >= 11 is 3.35. The van der Waals surface area contributed by atoms with Crippen molar-refractivity contribution in [3.05, 3.63) is 58.1 Å². The number of carbonyl (C=O) groups excluding carboxylic acids is 1. The van der Waals surface area contributed by atoms with Gasteiger partial charge < -0.3 is 5.32 Å². The van der Waals surface area contributed by atoms with Gasteiger partial charge in [0.2, 0.25) is 15.9 Å². The molecule has 0 unspecified atom stereocenters. The predicted octanol–water partition coefficient (Wildman–Crippen LogP) is 5.10. The molecule has 7 heteroatoms. The van der Waals surface area contributed by atoms with E-state index in [-0.39, 0.29) is 24.3 Å². The van der Waals surface area contributed by atoms with Gasteiger partial charge in [0, 0.05) is 10.2 Å². The maximum atomic E-state index is 12.8. The normalized spacial score (nSPS) is 11.7. The molecule has 0 aliphatic carbocycles. The third-order valence-electron chi connectivity index (χ3n) is 4.42. The smallest absolute Gasteiger partial charge is 0.245 e. The van der Waals surface area contributed by atoms with E-state index in [9.17, 15) is 13.2 Å². The lowest BCUT2D eigenvalue weighted by Gasteiger charge is -2.24. The van der Waals surface area contributed by atoms with E-state index in [1.54, 1.807) is 24.3 Å². The molecule has 0 saturated carbocycles. The third kappa shape index (κ3) is 5.58. The van der Waals surface area contributed by atoms with Crippen LogP contribution in [0.3, 0.4) is 0 Å². The van der Waals surface area contributed by atoms with Crippen LogP contribution in [0.25, 0.3) is 0 Å². The highest BCUT2D eigenvalue weighted by Gasteiger charge is 2.23. The average Bonchev–Trinajstić information content (AvgIpc) is 2.58. The standard InChI is InChI=1S/C21H27BrN2O3S/c1-14(2)18-10-7-11-19(15(3)4)21(18)23-20(25)13-24(28(5,26)27)17-9-6-8-16(22)12-17/h6-12,14-15H,13H2,1-5H3,(H,23,25). The number of para-hydroxylation sites is 1. The Labute approximate surface area is 176 Å². The number of nitrogens with zero attached hydrogens (tertiary/aromatic N) is 1. The summed E-state index contributed by atoms with van der Waals surface area (Å²) in [7, 11) is -3.62. The number of carbonyl (C=O) groups is 1. The second kappa shape index (κ2) is 9.09. The molecule has 0 saturated heterocycles. The van der Waals surface area contributed by atoms with E-state index < -0.39 is 10.0 Å². The van der Waals surface area contributed by atoms with Gasteiger partial charge in [-0.15, -0.1) is 0 Å². The van der Waals surface area contributed by atoms with Gasteiger partial charge in [-0.3, -0.25) is 9.10 Å². The summed E-state index contributed by atoms with van der Waals surface area (Å²) in [6.45, 7) is 7.98. The van der Waals surface area contributed by atoms with Crippen LogP contribution in [-0.2, 0) is 14.8 Å². The van der Waals surface area contributed by atoms with Crippen LogP contribution in [-0.4, -0.2) is 27.1 Å². The Hall–Kier alpha value is -1.86. The van der Waals surface area contributed by atoms with Gasteiger partial charge in [0.1, 0.15) is 6.54 Å². The summed E-state index contributed by atoms with van der Waals surface area (Å²) in [6.07, 6.45) is 1.10. The molecule has 0 aliphatic rings. The fourth-order valence-corrected chi connectivity index (χ4v) is 4.27. The van der Waals surface area contributed by atoms with Crippen molar-refractivity contribution < 1.29 is 13.2 Å². The Bertz CT molecular complexity index is 930. The number of hydrogen-bond donors (Lipinski definition) is 1. The van der Waals surface area contributed by atoms with Crippen LogP contribution in [0.2, 0.25) is 0 Å². The molecule has 2 aromatic carbocycles. The molecule has 28 heavy (non-hydrogen) atoms.